The first-order valence-corrected chi connectivity index (χ1v) is 16.1. The number of hydrogen-bond acceptors (Lipinski definition) is 5. The molecule has 0 spiro atoms. The van der Waals surface area contributed by atoms with Crippen LogP contribution >= 0.6 is 12.4 Å². The van der Waals surface area contributed by atoms with E-state index in [9.17, 15) is 14.4 Å². The highest BCUT2D eigenvalue weighted by atomic mass is 35.5. The summed E-state index contributed by atoms with van der Waals surface area (Å²) in [5.41, 5.74) is 1.08. The van der Waals surface area contributed by atoms with E-state index in [4.69, 9.17) is 9.47 Å². The van der Waals surface area contributed by atoms with Crippen LogP contribution in [0.2, 0.25) is 0 Å². The van der Waals surface area contributed by atoms with Gasteiger partial charge in [0.15, 0.2) is 17.3 Å². The number of hydrogen-bond donors (Lipinski definition) is 0. The van der Waals surface area contributed by atoms with Crippen LogP contribution in [-0.4, -0.2) is 44.5 Å². The Bertz CT molecular complexity index is 1130. The molecule has 0 aromatic heterocycles. The summed E-state index contributed by atoms with van der Waals surface area (Å²) in [4.78, 5) is 15.3. The van der Waals surface area contributed by atoms with Crippen LogP contribution in [0.15, 0.2) is 42.5 Å². The molecule has 2 aromatic rings. The quantitative estimate of drug-likeness (QED) is 0.116. The van der Waals surface area contributed by atoms with E-state index in [-0.39, 0.29) is 29.9 Å². The van der Waals surface area contributed by atoms with Gasteiger partial charge in [0, 0.05) is 11.5 Å². The van der Waals surface area contributed by atoms with Gasteiger partial charge < -0.3 is 14.4 Å². The van der Waals surface area contributed by atoms with E-state index in [0.29, 0.717) is 17.1 Å². The third kappa shape index (κ3) is 11.1. The van der Waals surface area contributed by atoms with Crippen molar-refractivity contribution in [3.8, 4) is 17.6 Å². The molecule has 1 unspecified atom stereocenters. The van der Waals surface area contributed by atoms with Crippen LogP contribution in [0.3, 0.4) is 0 Å². The number of ether oxygens (including phenoxy) is 2. The first-order valence-electron chi connectivity index (χ1n) is 16.1. The lowest BCUT2D eigenvalue weighted by atomic mass is 9.73. The van der Waals surface area contributed by atoms with E-state index in [2.05, 4.69) is 17.9 Å². The van der Waals surface area contributed by atoms with Crippen molar-refractivity contribution in [1.29, 1.82) is 5.26 Å². The van der Waals surface area contributed by atoms with E-state index in [1.807, 2.05) is 18.2 Å². The van der Waals surface area contributed by atoms with Gasteiger partial charge in [-0.3, -0.25) is 4.79 Å². The van der Waals surface area contributed by atoms with Crippen molar-refractivity contribution < 1.29 is 18.7 Å². The Kier molecular flexibility index (Phi) is 16.7. The van der Waals surface area contributed by atoms with Crippen molar-refractivity contribution in [2.75, 3.05) is 33.9 Å². The number of likely N-dealkylation sites (tertiary alicyclic amines) is 1. The molecule has 1 atom stereocenters. The van der Waals surface area contributed by atoms with Crippen molar-refractivity contribution in [3.63, 3.8) is 0 Å². The summed E-state index contributed by atoms with van der Waals surface area (Å²) in [6, 6.07) is 14.6. The van der Waals surface area contributed by atoms with E-state index in [0.717, 1.165) is 76.6 Å². The minimum Gasteiger partial charge on any atom is -0.493 e. The third-order valence-corrected chi connectivity index (χ3v) is 9.02. The summed E-state index contributed by atoms with van der Waals surface area (Å²) in [5, 5.41) is 10.6. The molecule has 43 heavy (non-hydrogen) atoms. The minimum atomic E-state index is -0.545. The van der Waals surface area contributed by atoms with Crippen molar-refractivity contribution in [2.24, 2.45) is 5.92 Å². The van der Waals surface area contributed by atoms with E-state index in [1.54, 1.807) is 26.4 Å². The zero-order chi connectivity index (χ0) is 30.2. The van der Waals surface area contributed by atoms with Gasteiger partial charge in [-0.15, -0.1) is 12.4 Å². The summed E-state index contributed by atoms with van der Waals surface area (Å²) in [7, 11) is 3.28. The highest BCUT2D eigenvalue weighted by Crippen LogP contribution is 2.39. The van der Waals surface area contributed by atoms with Gasteiger partial charge in [0.2, 0.25) is 0 Å². The molecule has 1 fully saturated rings. The molecule has 0 amide bonds. The normalized spacial score (nSPS) is 15.2. The van der Waals surface area contributed by atoms with Gasteiger partial charge in [0.05, 0.1) is 25.7 Å². The van der Waals surface area contributed by atoms with Gasteiger partial charge in [-0.2, -0.15) is 5.26 Å². The second-order valence-corrected chi connectivity index (χ2v) is 11.9. The lowest BCUT2D eigenvalue weighted by molar-refractivity contribution is 0.0838. The Morgan fingerprint density at radius 3 is 2.05 bits per heavy atom. The number of unbranched alkanes of at least 4 members (excludes halogenated alkanes) is 8. The molecular weight excluding hydrogens is 563 g/mol. The zero-order valence-corrected chi connectivity index (χ0v) is 27.4. The van der Waals surface area contributed by atoms with Crippen LogP contribution in [-0.2, 0) is 5.41 Å². The summed E-state index contributed by atoms with van der Waals surface area (Å²) in [6.45, 7) is 5.02. The number of methoxy groups -OCH3 is 2. The molecule has 1 heterocycles. The minimum absolute atomic E-state index is 0. The van der Waals surface area contributed by atoms with Gasteiger partial charge in [-0.05, 0) is 93.7 Å². The number of carbonyl (C=O) groups excluding carboxylic acids is 1. The van der Waals surface area contributed by atoms with Gasteiger partial charge in [0.25, 0.3) is 0 Å². The van der Waals surface area contributed by atoms with Gasteiger partial charge >= 0.3 is 0 Å². The summed E-state index contributed by atoms with van der Waals surface area (Å²) in [6.07, 6.45) is 15.3. The van der Waals surface area contributed by atoms with Crippen molar-refractivity contribution >= 4 is 18.2 Å². The average Bonchev–Trinajstić information content (AvgIpc) is 3.03. The first kappa shape index (κ1) is 36.6. The van der Waals surface area contributed by atoms with E-state index >= 15 is 0 Å². The fourth-order valence-electron chi connectivity index (χ4n) is 6.32. The monoisotopic (exact) mass is 614 g/mol. The molecule has 7 heteroatoms. The maximum atomic E-state index is 13.2. The molecule has 0 saturated carbocycles. The Labute approximate surface area is 265 Å². The molecule has 0 radical (unpaired) electrons. The number of nitrogens with zero attached hydrogens (tertiary/aromatic N) is 2. The second-order valence-electron chi connectivity index (χ2n) is 11.9. The number of halogens is 2. The summed E-state index contributed by atoms with van der Waals surface area (Å²) < 4.78 is 24.3. The predicted molar refractivity (Wildman–Crippen MR) is 175 cm³/mol. The molecule has 1 saturated heterocycles. The molecule has 0 bridgehead atoms. The van der Waals surface area contributed by atoms with Gasteiger partial charge in [0.1, 0.15) is 5.82 Å². The Morgan fingerprint density at radius 1 is 0.884 bits per heavy atom. The molecule has 238 valence electrons. The molecular formula is C36H52ClFN2O3. The fraction of sp³-hybridized carbons (Fsp3) is 0.611. The van der Waals surface area contributed by atoms with Crippen LogP contribution < -0.4 is 9.47 Å². The number of piperidine rings is 1. The molecule has 1 aliphatic heterocycles. The molecule has 0 N–H and O–H groups in total. The molecule has 3 rings (SSSR count). The summed E-state index contributed by atoms with van der Waals surface area (Å²) >= 11 is 0. The molecule has 0 aliphatic carbocycles. The van der Waals surface area contributed by atoms with Crippen LogP contribution in [0.4, 0.5) is 4.39 Å². The standard InChI is InChI=1S/C36H51FN2O3.ClH/c1-4-5-6-7-8-9-10-11-22-36(28-38,31-16-19-33(41-2)34(27-31)42-3)23-12-13-24-39-25-20-30(21-26-39)35(40)29-14-17-32(37)18-15-29;/h14-19,27,30H,4-13,20-26H2,1-3H3;1H. The van der Waals surface area contributed by atoms with Crippen molar-refractivity contribution in [2.45, 2.75) is 102 Å². The number of ketones is 1. The maximum absolute atomic E-state index is 13.2. The third-order valence-electron chi connectivity index (χ3n) is 9.02. The largest absolute Gasteiger partial charge is 0.493 e. The average molecular weight is 615 g/mol. The van der Waals surface area contributed by atoms with Crippen molar-refractivity contribution in [1.82, 2.24) is 4.90 Å². The number of nitriles is 1. The maximum Gasteiger partial charge on any atom is 0.166 e. The number of Topliss-reactive ketones (excluding diaryl/α,β-unsaturated/α-hetero) is 1. The fourth-order valence-corrected chi connectivity index (χ4v) is 6.32. The molecule has 5 nitrogen and oxygen atoms in total. The highest BCUT2D eigenvalue weighted by Gasteiger charge is 2.33. The van der Waals surface area contributed by atoms with E-state index in [1.165, 1.54) is 50.7 Å². The van der Waals surface area contributed by atoms with Gasteiger partial charge in [-0.1, -0.05) is 70.8 Å². The van der Waals surface area contributed by atoms with Crippen LogP contribution in [0.25, 0.3) is 0 Å². The number of rotatable bonds is 19. The van der Waals surface area contributed by atoms with Crippen LogP contribution in [0, 0.1) is 23.1 Å². The van der Waals surface area contributed by atoms with Gasteiger partial charge in [-0.25, -0.2) is 4.39 Å². The SMILES string of the molecule is CCCCCCCCCCC(C#N)(CCCCN1CCC(C(=O)c2ccc(F)cc2)CC1)c1ccc(OC)c(OC)c1.Cl. The second kappa shape index (κ2) is 19.6. The smallest absolute Gasteiger partial charge is 0.166 e. The zero-order valence-electron chi connectivity index (χ0n) is 26.5. The Hall–Kier alpha value is -2.62. The predicted octanol–water partition coefficient (Wildman–Crippen LogP) is 9.32. The Morgan fingerprint density at radius 2 is 1.47 bits per heavy atom. The molecule has 2 aromatic carbocycles. The highest BCUT2D eigenvalue weighted by molar-refractivity contribution is 5.97. The lowest BCUT2D eigenvalue weighted by Crippen LogP contribution is -2.37. The van der Waals surface area contributed by atoms with E-state index < -0.39 is 5.41 Å². The van der Waals surface area contributed by atoms with Crippen LogP contribution in [0.5, 0.6) is 11.5 Å². The molecule has 1 aliphatic rings. The van der Waals surface area contributed by atoms with Crippen molar-refractivity contribution in [3.05, 3.63) is 59.4 Å². The topological polar surface area (TPSA) is 62.6 Å². The number of carbonyl (C=O) groups is 1. The van der Waals surface area contributed by atoms with Crippen LogP contribution in [0.1, 0.15) is 113 Å². The lowest BCUT2D eigenvalue weighted by Gasteiger charge is -2.32. The first-order chi connectivity index (χ1) is 20.5. The summed E-state index contributed by atoms with van der Waals surface area (Å²) in [5.74, 6) is 1.18. The number of benzene rings is 2. The Balaban J connectivity index is 0.00000645.